The summed E-state index contributed by atoms with van der Waals surface area (Å²) in [4.78, 5) is 23.7. The lowest BCUT2D eigenvalue weighted by molar-refractivity contribution is 0.106. The number of carbonyl (C=O) groups is 1. The van der Waals surface area contributed by atoms with Crippen LogP contribution in [0, 0.1) is 0 Å². The van der Waals surface area contributed by atoms with Crippen molar-refractivity contribution in [1.29, 1.82) is 0 Å². The minimum Gasteiger partial charge on any atom is -0.357 e. The van der Waals surface area contributed by atoms with Crippen molar-refractivity contribution in [1.82, 2.24) is 4.98 Å². The second-order valence-electron chi connectivity index (χ2n) is 2.20. The van der Waals surface area contributed by atoms with Crippen molar-refractivity contribution in [3.63, 3.8) is 0 Å². The highest BCUT2D eigenvalue weighted by Gasteiger charge is 2.20. The Bertz CT molecular complexity index is 388. The highest BCUT2D eigenvalue weighted by molar-refractivity contribution is 6.67. The van der Waals surface area contributed by atoms with Gasteiger partial charge in [-0.2, -0.15) is 0 Å². The molecule has 13 heavy (non-hydrogen) atoms. The third-order valence-electron chi connectivity index (χ3n) is 1.41. The fourth-order valence-corrected chi connectivity index (χ4v) is 1.03. The van der Waals surface area contributed by atoms with Crippen LogP contribution >= 0.6 is 11.6 Å². The van der Waals surface area contributed by atoms with E-state index in [4.69, 9.17) is 11.6 Å². The van der Waals surface area contributed by atoms with Crippen LogP contribution in [0.2, 0.25) is 0 Å². The van der Waals surface area contributed by atoms with Gasteiger partial charge in [-0.1, -0.05) is 0 Å². The van der Waals surface area contributed by atoms with E-state index in [-0.39, 0.29) is 0 Å². The normalized spacial score (nSPS) is 10.5. The Balaban J connectivity index is 3.43. The van der Waals surface area contributed by atoms with Crippen LogP contribution in [0.5, 0.6) is 0 Å². The molecule has 0 saturated carbocycles. The number of aromatic amines is 1. The number of H-pyrrole nitrogens is 1. The van der Waals surface area contributed by atoms with Crippen molar-refractivity contribution >= 4 is 16.8 Å². The molecule has 1 aromatic heterocycles. The van der Waals surface area contributed by atoms with Crippen molar-refractivity contribution in [2.24, 2.45) is 0 Å². The number of hydrogen-bond donors (Lipinski definition) is 1. The molecule has 0 saturated heterocycles. The maximum Gasteiger partial charge on any atom is 0.269 e. The van der Waals surface area contributed by atoms with Gasteiger partial charge in [-0.05, 0) is 11.6 Å². The standard InChI is InChI=1S/C7H4ClF2NO2/c8-6(13)5-4(7(9)10)3(12)1-2-11-5/h1-2,7H,(H,11,12). The second-order valence-corrected chi connectivity index (χ2v) is 2.55. The molecule has 70 valence electrons. The Morgan fingerprint density at radius 3 is 2.54 bits per heavy atom. The van der Waals surface area contributed by atoms with E-state index in [0.717, 1.165) is 12.3 Å². The van der Waals surface area contributed by atoms with Gasteiger partial charge < -0.3 is 4.98 Å². The first-order valence-electron chi connectivity index (χ1n) is 3.23. The topological polar surface area (TPSA) is 49.9 Å². The Kier molecular flexibility index (Phi) is 2.77. The molecule has 0 aromatic carbocycles. The number of nitrogens with one attached hydrogen (secondary N) is 1. The van der Waals surface area contributed by atoms with E-state index in [1.54, 1.807) is 0 Å². The highest BCUT2D eigenvalue weighted by Crippen LogP contribution is 2.18. The van der Waals surface area contributed by atoms with E-state index in [1.807, 2.05) is 0 Å². The molecule has 0 unspecified atom stereocenters. The summed E-state index contributed by atoms with van der Waals surface area (Å²) >= 11 is 4.98. The summed E-state index contributed by atoms with van der Waals surface area (Å²) in [6.45, 7) is 0. The van der Waals surface area contributed by atoms with Crippen LogP contribution in [0.4, 0.5) is 8.78 Å². The fourth-order valence-electron chi connectivity index (χ4n) is 0.871. The predicted molar refractivity (Wildman–Crippen MR) is 42.2 cm³/mol. The van der Waals surface area contributed by atoms with Gasteiger partial charge in [-0.25, -0.2) is 8.78 Å². The lowest BCUT2D eigenvalue weighted by Gasteiger charge is -2.02. The molecular formula is C7H4ClF2NO2. The average Bonchev–Trinajstić information content (AvgIpc) is 2.02. The number of alkyl halides is 2. The van der Waals surface area contributed by atoms with Gasteiger partial charge >= 0.3 is 0 Å². The molecule has 0 amide bonds. The molecule has 3 nitrogen and oxygen atoms in total. The average molecular weight is 208 g/mol. The zero-order valence-corrected chi connectivity index (χ0v) is 6.94. The van der Waals surface area contributed by atoms with Gasteiger partial charge in [-0.3, -0.25) is 9.59 Å². The maximum absolute atomic E-state index is 12.2. The van der Waals surface area contributed by atoms with Gasteiger partial charge in [0, 0.05) is 12.3 Å². The van der Waals surface area contributed by atoms with E-state index in [2.05, 4.69) is 4.98 Å². The lowest BCUT2D eigenvalue weighted by Crippen LogP contribution is -2.14. The Hall–Kier alpha value is -1.23. The summed E-state index contributed by atoms with van der Waals surface area (Å²) in [7, 11) is 0. The molecule has 1 heterocycles. The van der Waals surface area contributed by atoms with E-state index in [0.29, 0.717) is 0 Å². The zero-order valence-electron chi connectivity index (χ0n) is 6.18. The Morgan fingerprint density at radius 2 is 2.15 bits per heavy atom. The van der Waals surface area contributed by atoms with E-state index in [9.17, 15) is 18.4 Å². The van der Waals surface area contributed by atoms with Gasteiger partial charge in [0.2, 0.25) is 0 Å². The molecule has 1 aromatic rings. The van der Waals surface area contributed by atoms with Crippen LogP contribution in [0.3, 0.4) is 0 Å². The summed E-state index contributed by atoms with van der Waals surface area (Å²) < 4.78 is 24.4. The molecule has 0 bridgehead atoms. The molecule has 0 spiro atoms. The summed E-state index contributed by atoms with van der Waals surface area (Å²) in [6.07, 6.45) is -1.92. The second kappa shape index (κ2) is 3.66. The molecule has 6 heteroatoms. The maximum atomic E-state index is 12.2. The Morgan fingerprint density at radius 1 is 1.54 bits per heavy atom. The van der Waals surface area contributed by atoms with E-state index in [1.165, 1.54) is 0 Å². The smallest absolute Gasteiger partial charge is 0.269 e. The van der Waals surface area contributed by atoms with Gasteiger partial charge in [0.05, 0.1) is 5.56 Å². The van der Waals surface area contributed by atoms with Gasteiger partial charge in [0.1, 0.15) is 5.69 Å². The number of rotatable bonds is 2. The molecule has 0 aliphatic rings. The largest absolute Gasteiger partial charge is 0.357 e. The van der Waals surface area contributed by atoms with E-state index >= 15 is 0 Å². The molecule has 0 atom stereocenters. The summed E-state index contributed by atoms with van der Waals surface area (Å²) in [5.74, 6) is 0. The van der Waals surface area contributed by atoms with Crippen LogP contribution in [-0.4, -0.2) is 10.2 Å². The number of pyridine rings is 1. The lowest BCUT2D eigenvalue weighted by atomic mass is 10.2. The van der Waals surface area contributed by atoms with Crippen LogP contribution in [0.25, 0.3) is 0 Å². The predicted octanol–water partition coefficient (Wildman–Crippen LogP) is 1.69. The number of carbonyl (C=O) groups excluding carboxylic acids is 1. The number of halogens is 3. The summed E-state index contributed by atoms with van der Waals surface area (Å²) in [5.41, 5.74) is -2.34. The van der Waals surface area contributed by atoms with Crippen LogP contribution in [0.15, 0.2) is 17.1 Å². The summed E-state index contributed by atoms with van der Waals surface area (Å²) in [6, 6.07) is 0.908. The molecule has 0 radical (unpaired) electrons. The molecule has 0 aliphatic heterocycles. The van der Waals surface area contributed by atoms with Gasteiger partial charge in [-0.15, -0.1) is 0 Å². The molecule has 1 N–H and O–H groups in total. The molecule has 1 rings (SSSR count). The minimum atomic E-state index is -3.01. The van der Waals surface area contributed by atoms with Crippen LogP contribution < -0.4 is 5.43 Å². The van der Waals surface area contributed by atoms with Crippen molar-refractivity contribution in [3.8, 4) is 0 Å². The molecular weight excluding hydrogens is 204 g/mol. The highest BCUT2D eigenvalue weighted by atomic mass is 35.5. The first-order chi connectivity index (χ1) is 6.04. The van der Waals surface area contributed by atoms with Gasteiger partial charge in [0.25, 0.3) is 11.7 Å². The Labute approximate surface area is 76.3 Å². The van der Waals surface area contributed by atoms with Crippen molar-refractivity contribution in [2.45, 2.75) is 6.43 Å². The summed E-state index contributed by atoms with van der Waals surface area (Å²) in [5, 5.41) is -1.10. The molecule has 0 aliphatic carbocycles. The fraction of sp³-hybridized carbons (Fsp3) is 0.143. The monoisotopic (exact) mass is 207 g/mol. The first-order valence-corrected chi connectivity index (χ1v) is 3.61. The van der Waals surface area contributed by atoms with Crippen molar-refractivity contribution in [2.75, 3.05) is 0 Å². The van der Waals surface area contributed by atoms with E-state index < -0.39 is 28.4 Å². The zero-order chi connectivity index (χ0) is 10.0. The SMILES string of the molecule is O=C(Cl)c1[nH]ccc(=O)c1C(F)F. The number of aromatic nitrogens is 1. The molecule has 0 fully saturated rings. The van der Waals surface area contributed by atoms with Gasteiger partial charge in [0.15, 0.2) is 5.43 Å². The number of hydrogen-bond acceptors (Lipinski definition) is 2. The van der Waals surface area contributed by atoms with Crippen molar-refractivity contribution in [3.05, 3.63) is 33.7 Å². The third kappa shape index (κ3) is 1.92. The van der Waals surface area contributed by atoms with Crippen molar-refractivity contribution < 1.29 is 13.6 Å². The van der Waals surface area contributed by atoms with Crippen LogP contribution in [0.1, 0.15) is 22.5 Å². The van der Waals surface area contributed by atoms with Crippen LogP contribution in [-0.2, 0) is 0 Å². The third-order valence-corrected chi connectivity index (χ3v) is 1.60. The first kappa shape index (κ1) is 9.85. The quantitative estimate of drug-likeness (QED) is 0.751. The minimum absolute atomic E-state index is 0.552.